The number of anilines is 1. The Morgan fingerprint density at radius 3 is 2.28 bits per heavy atom. The number of nitrogens with zero attached hydrogens (tertiary/aromatic N) is 2. The zero-order valence-corrected chi connectivity index (χ0v) is 25.7. The number of morpholine rings is 1. The van der Waals surface area contributed by atoms with Gasteiger partial charge >= 0.3 is 0 Å². The summed E-state index contributed by atoms with van der Waals surface area (Å²) in [5.74, 6) is -0.942. The van der Waals surface area contributed by atoms with Gasteiger partial charge in [0.1, 0.15) is 19.6 Å². The van der Waals surface area contributed by atoms with E-state index in [-0.39, 0.29) is 18.2 Å². The first-order valence-electron chi connectivity index (χ1n) is 14.3. The van der Waals surface area contributed by atoms with E-state index in [1.165, 1.54) is 0 Å². The average Bonchev–Trinajstić information content (AvgIpc) is 3.03. The fourth-order valence-electron chi connectivity index (χ4n) is 5.52. The minimum atomic E-state index is -0.751. The molecule has 2 aliphatic rings. The highest BCUT2D eigenvalue weighted by atomic mass is 35.5. The van der Waals surface area contributed by atoms with Crippen molar-refractivity contribution in [3.05, 3.63) is 81.8 Å². The fraction of sp³-hybridized carbons (Fsp3) is 0.344. The molecule has 2 heterocycles. The van der Waals surface area contributed by atoms with Gasteiger partial charge in [0.2, 0.25) is 5.91 Å². The molecular formula is C32H35Cl2N4O5+. The van der Waals surface area contributed by atoms with Crippen LogP contribution in [0.25, 0.3) is 11.1 Å². The summed E-state index contributed by atoms with van der Waals surface area (Å²) in [6.45, 7) is 4.91. The van der Waals surface area contributed by atoms with E-state index in [9.17, 15) is 14.4 Å². The number of benzene rings is 3. The molecule has 1 saturated heterocycles. The molecule has 3 amide bonds. The lowest BCUT2D eigenvalue weighted by molar-refractivity contribution is -1.03. The highest BCUT2D eigenvalue weighted by Crippen LogP contribution is 2.38. The second-order valence-electron chi connectivity index (χ2n) is 10.9. The van der Waals surface area contributed by atoms with E-state index in [0.29, 0.717) is 65.2 Å². The Labute approximate surface area is 261 Å². The van der Waals surface area contributed by atoms with Crippen LogP contribution in [-0.2, 0) is 25.5 Å². The normalized spacial score (nSPS) is 17.3. The van der Waals surface area contributed by atoms with Crippen molar-refractivity contribution in [3.8, 4) is 16.9 Å². The van der Waals surface area contributed by atoms with Gasteiger partial charge in [-0.2, -0.15) is 10.5 Å². The Morgan fingerprint density at radius 1 is 1.00 bits per heavy atom. The Balaban J connectivity index is 1.26. The molecule has 2 N–H and O–H groups in total. The molecule has 1 fully saturated rings. The van der Waals surface area contributed by atoms with Crippen molar-refractivity contribution >= 4 is 46.6 Å². The molecule has 43 heavy (non-hydrogen) atoms. The van der Waals surface area contributed by atoms with Crippen LogP contribution >= 0.6 is 23.2 Å². The quantitative estimate of drug-likeness (QED) is 0.312. The monoisotopic (exact) mass is 625 g/mol. The van der Waals surface area contributed by atoms with Crippen molar-refractivity contribution in [1.82, 2.24) is 10.5 Å². The molecule has 0 aromatic heterocycles. The highest BCUT2D eigenvalue weighted by molar-refractivity contribution is 6.42. The van der Waals surface area contributed by atoms with E-state index in [2.05, 4.69) is 35.1 Å². The number of amides is 3. The molecule has 11 heteroatoms. The molecule has 9 nitrogen and oxygen atoms in total. The van der Waals surface area contributed by atoms with Crippen LogP contribution in [0.1, 0.15) is 36.8 Å². The first kappa shape index (κ1) is 30.8. The number of nitrogens with one attached hydrogen (secondary N) is 2. The number of fused-ring (bicyclic) bond motifs is 1. The zero-order chi connectivity index (χ0) is 30.6. The lowest BCUT2D eigenvalue weighted by atomic mass is 9.92. The van der Waals surface area contributed by atoms with E-state index in [0.717, 1.165) is 28.8 Å². The number of hydroxylamine groups is 1. The predicted octanol–water partition coefficient (Wildman–Crippen LogP) is 5.37. The van der Waals surface area contributed by atoms with Gasteiger partial charge in [0.25, 0.3) is 11.8 Å². The molecule has 5 rings (SSSR count). The maximum Gasteiger partial charge on any atom is 0.268 e. The van der Waals surface area contributed by atoms with Gasteiger partial charge in [0.05, 0.1) is 36.2 Å². The van der Waals surface area contributed by atoms with Gasteiger partial charge in [-0.3, -0.25) is 14.4 Å². The van der Waals surface area contributed by atoms with Crippen LogP contribution in [-0.4, -0.2) is 67.2 Å². The Morgan fingerprint density at radius 2 is 1.63 bits per heavy atom. The van der Waals surface area contributed by atoms with Gasteiger partial charge in [-0.15, -0.1) is 0 Å². The van der Waals surface area contributed by atoms with E-state index < -0.39 is 11.8 Å². The van der Waals surface area contributed by atoms with Gasteiger partial charge in [-0.25, -0.2) is 4.59 Å². The molecule has 0 saturated carbocycles. The van der Waals surface area contributed by atoms with Gasteiger partial charge < -0.3 is 14.9 Å². The maximum atomic E-state index is 13.7. The summed E-state index contributed by atoms with van der Waals surface area (Å²) in [5, 5.41) is 5.23. The average molecular weight is 627 g/mol. The lowest BCUT2D eigenvalue weighted by Crippen LogP contribution is -2.66. The number of quaternary nitrogens is 1. The molecule has 3 aromatic carbocycles. The van der Waals surface area contributed by atoms with Crippen molar-refractivity contribution in [2.75, 3.05) is 45.2 Å². The van der Waals surface area contributed by atoms with Crippen LogP contribution in [0.15, 0.2) is 60.7 Å². The third-order valence-electron chi connectivity index (χ3n) is 8.28. The van der Waals surface area contributed by atoms with E-state index in [1.807, 2.05) is 31.2 Å². The summed E-state index contributed by atoms with van der Waals surface area (Å²) in [4.78, 5) is 43.4. The van der Waals surface area contributed by atoms with Gasteiger partial charge in [-0.1, -0.05) is 66.5 Å². The van der Waals surface area contributed by atoms with Gasteiger partial charge in [0, 0.05) is 36.6 Å². The van der Waals surface area contributed by atoms with Gasteiger partial charge in [0.15, 0.2) is 5.75 Å². The number of hydrogen-bond donors (Lipinski definition) is 2. The van der Waals surface area contributed by atoms with Crippen molar-refractivity contribution in [3.63, 3.8) is 0 Å². The molecule has 226 valence electrons. The number of carbonyl (C=O) groups is 3. The molecule has 0 bridgehead atoms. The summed E-state index contributed by atoms with van der Waals surface area (Å²) in [7, 11) is 1.80. The molecule has 0 aliphatic carbocycles. The molecule has 2 aliphatic heterocycles. The fourth-order valence-corrected chi connectivity index (χ4v) is 5.85. The first-order chi connectivity index (χ1) is 20.7. The molecular weight excluding hydrogens is 591 g/mol. The topological polar surface area (TPSA) is 97.0 Å². The third-order valence-corrected chi connectivity index (χ3v) is 9.00. The Hall–Kier alpha value is -3.63. The molecule has 3 aromatic rings. The van der Waals surface area contributed by atoms with Crippen molar-refractivity contribution < 1.29 is 28.6 Å². The van der Waals surface area contributed by atoms with Gasteiger partial charge in [-0.05, 0) is 34.9 Å². The van der Waals surface area contributed by atoms with Crippen LogP contribution in [0.5, 0.6) is 5.75 Å². The zero-order valence-electron chi connectivity index (χ0n) is 24.2. The SMILES string of the molecule is CCC(=O)Nc1ccc(-c2ccc(CC[N+]3(N(C)C(=O)CC4C(=O)NOc5cc(Cl)c(Cl)cc54)CCOCC3)cc2)cc1. The number of carbonyl (C=O) groups excluding carboxylic acids is 3. The highest BCUT2D eigenvalue weighted by Gasteiger charge is 2.41. The van der Waals surface area contributed by atoms with Crippen LogP contribution in [0, 0.1) is 0 Å². The standard InChI is InChI=1S/C32H34Cl2N4O5/c1-3-30(39)35-24-10-8-23(9-11-24)22-6-4-21(5-7-22)12-13-38(14-16-42-17-15-38)37(2)31(40)19-26-25-18-27(33)28(34)20-29(25)43-36-32(26)41/h4-11,18,20,26H,3,12-17,19H2,1-2H3,(H-,35,36,39,41)/p+1. The third kappa shape index (κ3) is 6.96. The van der Waals surface area contributed by atoms with Crippen molar-refractivity contribution in [2.24, 2.45) is 0 Å². The number of rotatable bonds is 9. The van der Waals surface area contributed by atoms with Crippen LogP contribution < -0.4 is 15.6 Å². The smallest absolute Gasteiger partial charge is 0.268 e. The van der Waals surface area contributed by atoms with Crippen LogP contribution in [0.2, 0.25) is 10.0 Å². The minimum absolute atomic E-state index is 0.0140. The summed E-state index contributed by atoms with van der Waals surface area (Å²) >= 11 is 12.4. The summed E-state index contributed by atoms with van der Waals surface area (Å²) in [5.41, 5.74) is 7.00. The lowest BCUT2D eigenvalue weighted by Gasteiger charge is -2.46. The number of ether oxygens (including phenoxy) is 1. The second-order valence-corrected chi connectivity index (χ2v) is 11.7. The summed E-state index contributed by atoms with van der Waals surface area (Å²) in [6.07, 6.45) is 1.16. The molecule has 1 unspecified atom stereocenters. The first-order valence-corrected chi connectivity index (χ1v) is 15.1. The van der Waals surface area contributed by atoms with Crippen LogP contribution in [0.3, 0.4) is 0 Å². The summed E-state index contributed by atoms with van der Waals surface area (Å²) < 4.78 is 6.10. The molecule has 1 atom stereocenters. The maximum absolute atomic E-state index is 13.7. The Bertz CT molecular complexity index is 1490. The largest absolute Gasteiger partial charge is 0.379 e. The van der Waals surface area contributed by atoms with E-state index >= 15 is 0 Å². The minimum Gasteiger partial charge on any atom is -0.379 e. The van der Waals surface area contributed by atoms with Crippen molar-refractivity contribution in [1.29, 1.82) is 0 Å². The Kier molecular flexibility index (Phi) is 9.56. The van der Waals surface area contributed by atoms with Crippen LogP contribution in [0.4, 0.5) is 5.69 Å². The van der Waals surface area contributed by atoms with E-state index in [4.69, 9.17) is 32.8 Å². The van der Waals surface area contributed by atoms with E-state index in [1.54, 1.807) is 24.2 Å². The number of halogens is 2. The molecule has 0 radical (unpaired) electrons. The number of hydrogen-bond acceptors (Lipinski definition) is 5. The van der Waals surface area contributed by atoms with Crippen molar-refractivity contribution in [2.45, 2.75) is 32.1 Å². The molecule has 0 spiro atoms. The summed E-state index contributed by atoms with van der Waals surface area (Å²) in [6, 6.07) is 19.3. The second kappa shape index (κ2) is 13.3. The predicted molar refractivity (Wildman–Crippen MR) is 166 cm³/mol.